The summed E-state index contributed by atoms with van der Waals surface area (Å²) in [5.74, 6) is -2.18. The highest BCUT2D eigenvalue weighted by Gasteiger charge is 2.24. The van der Waals surface area contributed by atoms with Gasteiger partial charge in [-0.05, 0) is 49.7 Å². The molecule has 0 aliphatic heterocycles. The molecule has 156 valence electrons. The van der Waals surface area contributed by atoms with Crippen LogP contribution in [0.15, 0.2) is 61.2 Å². The molecule has 3 aromatic rings. The van der Waals surface area contributed by atoms with Crippen molar-refractivity contribution in [2.24, 2.45) is 0 Å². The van der Waals surface area contributed by atoms with Crippen LogP contribution in [0, 0.1) is 11.6 Å². The third-order valence-corrected chi connectivity index (χ3v) is 4.28. The fourth-order valence-corrected chi connectivity index (χ4v) is 2.86. The van der Waals surface area contributed by atoms with Crippen molar-refractivity contribution >= 4 is 11.9 Å². The Labute approximate surface area is 172 Å². The summed E-state index contributed by atoms with van der Waals surface area (Å²) in [7, 11) is 0. The maximum Gasteiger partial charge on any atom is 0.330 e. The number of imidazole rings is 1. The largest absolute Gasteiger partial charge is 0.461 e. The minimum absolute atomic E-state index is 0.0976. The van der Waals surface area contributed by atoms with Crippen LogP contribution in [0.25, 0.3) is 11.1 Å². The number of halogens is 2. The molecule has 8 heteroatoms. The van der Waals surface area contributed by atoms with Gasteiger partial charge in [-0.2, -0.15) is 0 Å². The summed E-state index contributed by atoms with van der Waals surface area (Å²) in [6, 6.07) is 8.26. The van der Waals surface area contributed by atoms with E-state index < -0.39 is 29.6 Å². The molecule has 0 aliphatic carbocycles. The van der Waals surface area contributed by atoms with Gasteiger partial charge in [0, 0.05) is 23.5 Å². The summed E-state index contributed by atoms with van der Waals surface area (Å²) in [4.78, 5) is 29.0. The molecule has 1 aromatic heterocycles. The van der Waals surface area contributed by atoms with Gasteiger partial charge in [0.15, 0.2) is 0 Å². The van der Waals surface area contributed by atoms with E-state index in [4.69, 9.17) is 4.74 Å². The van der Waals surface area contributed by atoms with E-state index in [2.05, 4.69) is 10.3 Å². The third kappa shape index (κ3) is 5.28. The number of hydrogen-bond acceptors (Lipinski definition) is 4. The second-order valence-corrected chi connectivity index (χ2v) is 6.97. The van der Waals surface area contributed by atoms with E-state index >= 15 is 0 Å². The maximum absolute atomic E-state index is 14.0. The van der Waals surface area contributed by atoms with Crippen LogP contribution in [0.1, 0.15) is 24.2 Å². The highest BCUT2D eigenvalue weighted by Crippen LogP contribution is 2.24. The van der Waals surface area contributed by atoms with Crippen molar-refractivity contribution in [2.45, 2.75) is 32.5 Å². The molecule has 1 heterocycles. The van der Waals surface area contributed by atoms with Gasteiger partial charge in [0.2, 0.25) is 0 Å². The van der Waals surface area contributed by atoms with E-state index in [-0.39, 0.29) is 23.8 Å². The molecule has 1 amide bonds. The third-order valence-electron chi connectivity index (χ3n) is 4.28. The molecule has 0 fully saturated rings. The normalized spacial score (nSPS) is 11.9. The van der Waals surface area contributed by atoms with E-state index in [1.54, 1.807) is 30.8 Å². The highest BCUT2D eigenvalue weighted by atomic mass is 19.1. The molecule has 0 unspecified atom stereocenters. The number of esters is 1. The molecule has 30 heavy (non-hydrogen) atoms. The van der Waals surface area contributed by atoms with Gasteiger partial charge in [-0.15, -0.1) is 0 Å². The molecule has 3 rings (SSSR count). The minimum atomic E-state index is -0.922. The molecular weight excluding hydrogens is 392 g/mol. The van der Waals surface area contributed by atoms with Crippen molar-refractivity contribution in [1.82, 2.24) is 14.9 Å². The summed E-state index contributed by atoms with van der Waals surface area (Å²) in [6.07, 6.45) is 4.44. The van der Waals surface area contributed by atoms with Gasteiger partial charge < -0.3 is 14.6 Å². The van der Waals surface area contributed by atoms with Gasteiger partial charge in [-0.3, -0.25) is 4.79 Å². The zero-order valence-corrected chi connectivity index (χ0v) is 16.5. The first-order valence-electron chi connectivity index (χ1n) is 9.36. The standard InChI is InChI=1S/C22H21F2N3O3/c1-14(2)30-22(29)20(12-27-10-9-25-13-27)26-21(28)16-5-3-15(4-6-16)18-11-17(23)7-8-19(18)24/h3-11,13-14,20H,12H2,1-2H3,(H,26,28)/t20-/m0/s1. The molecule has 0 radical (unpaired) electrons. The van der Waals surface area contributed by atoms with Gasteiger partial charge in [-0.1, -0.05) is 12.1 Å². The van der Waals surface area contributed by atoms with Crippen LogP contribution in [0.2, 0.25) is 0 Å². The molecule has 0 aliphatic rings. The zero-order valence-electron chi connectivity index (χ0n) is 16.5. The Morgan fingerprint density at radius 1 is 1.13 bits per heavy atom. The van der Waals surface area contributed by atoms with Crippen LogP contribution in [-0.4, -0.2) is 33.6 Å². The van der Waals surface area contributed by atoms with Gasteiger partial charge >= 0.3 is 5.97 Å². The topological polar surface area (TPSA) is 73.2 Å². The van der Waals surface area contributed by atoms with Crippen molar-refractivity contribution < 1.29 is 23.1 Å². The summed E-state index contributed by atoms with van der Waals surface area (Å²) < 4.78 is 34.3. The van der Waals surface area contributed by atoms with Gasteiger partial charge in [0.25, 0.3) is 5.91 Å². The van der Waals surface area contributed by atoms with Gasteiger partial charge in [0.05, 0.1) is 19.0 Å². The van der Waals surface area contributed by atoms with Crippen molar-refractivity contribution in [3.05, 3.63) is 78.4 Å². The average Bonchev–Trinajstić information content (AvgIpc) is 3.22. The SMILES string of the molecule is CC(C)OC(=O)[C@H](Cn1ccnc1)NC(=O)c1ccc(-c2cc(F)ccc2F)cc1. The van der Waals surface area contributed by atoms with Crippen LogP contribution in [0.5, 0.6) is 0 Å². The average molecular weight is 413 g/mol. The fraction of sp³-hybridized carbons (Fsp3) is 0.227. The number of benzene rings is 2. The lowest BCUT2D eigenvalue weighted by Gasteiger charge is -2.19. The van der Waals surface area contributed by atoms with Crippen LogP contribution in [-0.2, 0) is 16.1 Å². The van der Waals surface area contributed by atoms with Crippen molar-refractivity contribution in [1.29, 1.82) is 0 Å². The Hall–Kier alpha value is -3.55. The Balaban J connectivity index is 1.76. The lowest BCUT2D eigenvalue weighted by Crippen LogP contribution is -2.45. The van der Waals surface area contributed by atoms with Crippen LogP contribution < -0.4 is 5.32 Å². The van der Waals surface area contributed by atoms with Crippen LogP contribution >= 0.6 is 0 Å². The lowest BCUT2D eigenvalue weighted by molar-refractivity contribution is -0.150. The Bertz CT molecular complexity index is 1020. The molecular formula is C22H21F2N3O3. The Kier molecular flexibility index (Phi) is 6.56. The minimum Gasteiger partial charge on any atom is -0.461 e. The van der Waals surface area contributed by atoms with E-state index in [1.165, 1.54) is 30.6 Å². The van der Waals surface area contributed by atoms with Crippen LogP contribution in [0.3, 0.4) is 0 Å². The number of carbonyl (C=O) groups excluding carboxylic acids is 2. The molecule has 6 nitrogen and oxygen atoms in total. The number of rotatable bonds is 7. The quantitative estimate of drug-likeness (QED) is 0.601. The highest BCUT2D eigenvalue weighted by molar-refractivity contribution is 5.97. The molecule has 1 N–H and O–H groups in total. The summed E-state index contributed by atoms with van der Waals surface area (Å²) in [5.41, 5.74) is 0.793. The molecule has 0 spiro atoms. The molecule has 0 bridgehead atoms. The van der Waals surface area contributed by atoms with Crippen molar-refractivity contribution in [3.8, 4) is 11.1 Å². The number of nitrogens with one attached hydrogen (secondary N) is 1. The summed E-state index contributed by atoms with van der Waals surface area (Å²) in [5, 5.41) is 2.66. The fourth-order valence-electron chi connectivity index (χ4n) is 2.86. The van der Waals surface area contributed by atoms with Crippen molar-refractivity contribution in [2.75, 3.05) is 0 Å². The van der Waals surface area contributed by atoms with Crippen molar-refractivity contribution in [3.63, 3.8) is 0 Å². The van der Waals surface area contributed by atoms with Gasteiger partial charge in [-0.25, -0.2) is 18.6 Å². The molecule has 0 saturated heterocycles. The van der Waals surface area contributed by atoms with E-state index in [0.29, 0.717) is 5.56 Å². The number of nitrogens with zero attached hydrogens (tertiary/aromatic N) is 2. The second kappa shape index (κ2) is 9.30. The summed E-state index contributed by atoms with van der Waals surface area (Å²) in [6.45, 7) is 3.60. The first-order valence-corrected chi connectivity index (χ1v) is 9.36. The smallest absolute Gasteiger partial charge is 0.330 e. The first kappa shape index (κ1) is 21.2. The maximum atomic E-state index is 14.0. The number of hydrogen-bond donors (Lipinski definition) is 1. The number of carbonyl (C=O) groups is 2. The zero-order chi connectivity index (χ0) is 21.7. The summed E-state index contributed by atoms with van der Waals surface area (Å²) >= 11 is 0. The predicted octanol–water partition coefficient (Wildman–Crippen LogP) is 3.58. The van der Waals surface area contributed by atoms with E-state index in [1.807, 2.05) is 0 Å². The van der Waals surface area contributed by atoms with E-state index in [9.17, 15) is 18.4 Å². The Morgan fingerprint density at radius 3 is 2.50 bits per heavy atom. The number of aromatic nitrogens is 2. The molecule has 2 aromatic carbocycles. The lowest BCUT2D eigenvalue weighted by atomic mass is 10.0. The van der Waals surface area contributed by atoms with E-state index in [0.717, 1.165) is 18.2 Å². The molecule has 0 saturated carbocycles. The second-order valence-electron chi connectivity index (χ2n) is 6.97. The number of ether oxygens (including phenoxy) is 1. The first-order chi connectivity index (χ1) is 14.3. The van der Waals surface area contributed by atoms with Crippen LogP contribution in [0.4, 0.5) is 8.78 Å². The number of amides is 1. The monoisotopic (exact) mass is 413 g/mol. The predicted molar refractivity (Wildman–Crippen MR) is 107 cm³/mol. The Morgan fingerprint density at radius 2 is 1.87 bits per heavy atom. The van der Waals surface area contributed by atoms with Gasteiger partial charge in [0.1, 0.15) is 17.7 Å². The molecule has 1 atom stereocenters.